The van der Waals surface area contributed by atoms with Crippen LogP contribution in [-0.2, 0) is 6.61 Å². The average molecular weight is 377 g/mol. The smallest absolute Gasteiger partial charge is 0.129 e. The fraction of sp³-hybridized carbons (Fsp3) is 0.111. The van der Waals surface area contributed by atoms with E-state index in [0.717, 1.165) is 17.7 Å². The number of aromatic amines is 1. The second kappa shape index (κ2) is 7.84. The van der Waals surface area contributed by atoms with Gasteiger partial charge in [-0.15, -0.1) is 0 Å². The quantitative estimate of drug-likeness (QED) is 0.394. The largest absolute Gasteiger partial charge is 0.488 e. The summed E-state index contributed by atoms with van der Waals surface area (Å²) >= 11 is 0. The molecular formula is C27H23NO. The van der Waals surface area contributed by atoms with E-state index in [0.29, 0.717) is 6.61 Å². The highest BCUT2D eigenvalue weighted by Gasteiger charge is 2.23. The highest BCUT2D eigenvalue weighted by Crippen LogP contribution is 2.41. The summed E-state index contributed by atoms with van der Waals surface area (Å²) in [5.74, 6) is 1.11. The summed E-state index contributed by atoms with van der Waals surface area (Å²) < 4.78 is 6.30. The summed E-state index contributed by atoms with van der Waals surface area (Å²) in [5, 5.41) is 1.17. The van der Waals surface area contributed by atoms with Gasteiger partial charge in [-0.05, 0) is 40.8 Å². The predicted molar refractivity (Wildman–Crippen MR) is 119 cm³/mol. The molecule has 0 saturated heterocycles. The molecule has 2 nitrogen and oxygen atoms in total. The molecule has 142 valence electrons. The van der Waals surface area contributed by atoms with E-state index in [9.17, 15) is 0 Å². The predicted octanol–water partition coefficient (Wildman–Crippen LogP) is 6.77. The number of hydrogen-bond acceptors (Lipinski definition) is 1. The molecule has 29 heavy (non-hydrogen) atoms. The lowest BCUT2D eigenvalue weighted by molar-refractivity contribution is 0.310. The second-order valence-corrected chi connectivity index (χ2v) is 7.38. The Morgan fingerprint density at radius 2 is 1.66 bits per heavy atom. The second-order valence-electron chi connectivity index (χ2n) is 7.38. The molecule has 1 aliphatic carbocycles. The van der Waals surface area contributed by atoms with Gasteiger partial charge in [-0.2, -0.15) is 0 Å². The zero-order valence-electron chi connectivity index (χ0n) is 16.2. The molecule has 0 fully saturated rings. The third kappa shape index (κ3) is 3.50. The van der Waals surface area contributed by atoms with Crippen molar-refractivity contribution in [3.8, 4) is 5.75 Å². The third-order valence-corrected chi connectivity index (χ3v) is 5.51. The maximum absolute atomic E-state index is 6.30. The summed E-state index contributed by atoms with van der Waals surface area (Å²) in [7, 11) is 0. The van der Waals surface area contributed by atoms with Crippen molar-refractivity contribution >= 4 is 10.9 Å². The minimum atomic E-state index is 0.185. The van der Waals surface area contributed by atoms with Gasteiger partial charge >= 0.3 is 0 Å². The van der Waals surface area contributed by atoms with Gasteiger partial charge in [0.05, 0.1) is 0 Å². The van der Waals surface area contributed by atoms with Crippen LogP contribution in [0.15, 0.2) is 109 Å². The van der Waals surface area contributed by atoms with Crippen LogP contribution < -0.4 is 4.74 Å². The average Bonchev–Trinajstić information content (AvgIpc) is 3.45. The topological polar surface area (TPSA) is 25.0 Å². The van der Waals surface area contributed by atoms with E-state index in [-0.39, 0.29) is 5.92 Å². The summed E-state index contributed by atoms with van der Waals surface area (Å²) in [6, 6.07) is 27.3. The molecule has 0 spiro atoms. The number of allylic oxidation sites excluding steroid dienone is 4. The number of nitrogens with one attached hydrogen (secondary N) is 1. The summed E-state index contributed by atoms with van der Waals surface area (Å²) in [5.41, 5.74) is 6.17. The molecule has 0 bridgehead atoms. The molecule has 1 aromatic heterocycles. The Bertz CT molecular complexity index is 1170. The molecule has 1 N–H and O–H groups in total. The van der Waals surface area contributed by atoms with E-state index < -0.39 is 0 Å². The Morgan fingerprint density at radius 1 is 0.862 bits per heavy atom. The van der Waals surface area contributed by atoms with E-state index in [1.54, 1.807) is 0 Å². The fourth-order valence-electron chi connectivity index (χ4n) is 4.15. The lowest BCUT2D eigenvalue weighted by atomic mass is 9.85. The van der Waals surface area contributed by atoms with Gasteiger partial charge in [0, 0.05) is 23.0 Å². The lowest BCUT2D eigenvalue weighted by Gasteiger charge is -2.19. The van der Waals surface area contributed by atoms with Crippen LogP contribution in [0.3, 0.4) is 0 Å². The number of hydrogen-bond donors (Lipinski definition) is 1. The van der Waals surface area contributed by atoms with E-state index in [2.05, 4.69) is 90.1 Å². The van der Waals surface area contributed by atoms with Gasteiger partial charge in [-0.1, -0.05) is 85.0 Å². The third-order valence-electron chi connectivity index (χ3n) is 5.51. The highest BCUT2D eigenvalue weighted by molar-refractivity contribution is 5.90. The van der Waals surface area contributed by atoms with Gasteiger partial charge in [0.1, 0.15) is 12.4 Å². The van der Waals surface area contributed by atoms with Crippen LogP contribution in [0.1, 0.15) is 29.0 Å². The number of fused-ring (bicyclic) bond motifs is 1. The van der Waals surface area contributed by atoms with Crippen molar-refractivity contribution in [1.29, 1.82) is 0 Å². The molecule has 3 aromatic carbocycles. The van der Waals surface area contributed by atoms with Crippen LogP contribution in [0, 0.1) is 0 Å². The van der Waals surface area contributed by atoms with Gasteiger partial charge in [0.15, 0.2) is 0 Å². The molecule has 4 aromatic rings. The van der Waals surface area contributed by atoms with E-state index in [4.69, 9.17) is 4.74 Å². The van der Waals surface area contributed by atoms with Gasteiger partial charge in [0.25, 0.3) is 0 Å². The first kappa shape index (κ1) is 17.6. The molecule has 1 aliphatic rings. The summed E-state index contributed by atoms with van der Waals surface area (Å²) in [6.45, 7) is 0.559. The van der Waals surface area contributed by atoms with Crippen molar-refractivity contribution in [3.05, 3.63) is 126 Å². The summed E-state index contributed by atoms with van der Waals surface area (Å²) in [4.78, 5) is 3.47. The fourth-order valence-corrected chi connectivity index (χ4v) is 4.15. The first-order chi connectivity index (χ1) is 14.4. The molecule has 0 saturated carbocycles. The van der Waals surface area contributed by atoms with E-state index in [1.807, 2.05) is 18.2 Å². The Labute approximate surface area is 171 Å². The van der Waals surface area contributed by atoms with Gasteiger partial charge in [0.2, 0.25) is 0 Å². The van der Waals surface area contributed by atoms with Crippen molar-refractivity contribution in [1.82, 2.24) is 4.98 Å². The lowest BCUT2D eigenvalue weighted by Crippen LogP contribution is -2.03. The highest BCUT2D eigenvalue weighted by atomic mass is 16.5. The van der Waals surface area contributed by atoms with Crippen molar-refractivity contribution in [3.63, 3.8) is 0 Å². The minimum Gasteiger partial charge on any atom is -0.488 e. The zero-order valence-corrected chi connectivity index (χ0v) is 16.2. The molecule has 0 aliphatic heterocycles. The van der Waals surface area contributed by atoms with E-state index in [1.165, 1.54) is 27.6 Å². The molecule has 5 rings (SSSR count). The normalized spacial score (nSPS) is 14.1. The monoisotopic (exact) mass is 377 g/mol. The number of benzene rings is 3. The Kier molecular flexibility index (Phi) is 4.75. The van der Waals surface area contributed by atoms with Crippen molar-refractivity contribution < 1.29 is 4.74 Å². The molecule has 1 unspecified atom stereocenters. The van der Waals surface area contributed by atoms with Crippen molar-refractivity contribution in [2.75, 3.05) is 0 Å². The maximum atomic E-state index is 6.30. The molecular weight excluding hydrogens is 354 g/mol. The number of H-pyrrole nitrogens is 1. The van der Waals surface area contributed by atoms with Gasteiger partial charge in [-0.3, -0.25) is 0 Å². The van der Waals surface area contributed by atoms with Crippen LogP contribution in [-0.4, -0.2) is 4.98 Å². The minimum absolute atomic E-state index is 0.185. The zero-order chi connectivity index (χ0) is 19.5. The SMILES string of the molecule is C1=CC(C(c2ccccc2)c2c[nH]c3cccc(OCc4ccccc4)c23)=CC1. The standard InChI is InChI=1S/C27H23NO/c1-3-10-20(11-4-1)19-29-25-17-9-16-24-27(25)23(18-28-24)26(22-14-7-8-15-22)21-12-5-2-6-13-21/h1-7,9-18,26,28H,8,19H2. The van der Waals surface area contributed by atoms with E-state index >= 15 is 0 Å². The van der Waals surface area contributed by atoms with Gasteiger partial charge < -0.3 is 9.72 Å². The Morgan fingerprint density at radius 3 is 2.41 bits per heavy atom. The molecule has 0 radical (unpaired) electrons. The first-order valence-electron chi connectivity index (χ1n) is 10.1. The molecule has 1 heterocycles. The summed E-state index contributed by atoms with van der Waals surface area (Å²) in [6.07, 6.45) is 9.95. The first-order valence-corrected chi connectivity index (χ1v) is 10.1. The molecule has 0 amide bonds. The molecule has 1 atom stereocenters. The van der Waals surface area contributed by atoms with Crippen LogP contribution in [0.5, 0.6) is 5.75 Å². The Balaban J connectivity index is 1.59. The maximum Gasteiger partial charge on any atom is 0.129 e. The van der Waals surface area contributed by atoms with Crippen LogP contribution >= 0.6 is 0 Å². The Hall–Kier alpha value is -3.52. The number of ether oxygens (including phenoxy) is 1. The van der Waals surface area contributed by atoms with Crippen LogP contribution in [0.25, 0.3) is 10.9 Å². The van der Waals surface area contributed by atoms with Crippen molar-refractivity contribution in [2.45, 2.75) is 18.9 Å². The number of aromatic nitrogens is 1. The van der Waals surface area contributed by atoms with Gasteiger partial charge in [-0.25, -0.2) is 0 Å². The van der Waals surface area contributed by atoms with Crippen LogP contribution in [0.4, 0.5) is 0 Å². The van der Waals surface area contributed by atoms with Crippen molar-refractivity contribution in [2.24, 2.45) is 0 Å². The molecule has 2 heteroatoms. The number of rotatable bonds is 6. The van der Waals surface area contributed by atoms with Crippen LogP contribution in [0.2, 0.25) is 0 Å².